The van der Waals surface area contributed by atoms with Gasteiger partial charge in [-0.25, -0.2) is 0 Å². The molecule has 0 saturated heterocycles. The summed E-state index contributed by atoms with van der Waals surface area (Å²) in [5, 5.41) is 18.6. The van der Waals surface area contributed by atoms with Gasteiger partial charge in [-0.3, -0.25) is 0 Å². The molecule has 15 heavy (non-hydrogen) atoms. The van der Waals surface area contributed by atoms with E-state index in [-0.39, 0.29) is 24.0 Å². The average Bonchev–Trinajstić information content (AvgIpc) is 2.30. The van der Waals surface area contributed by atoms with Gasteiger partial charge in [-0.05, 0) is 12.8 Å². The lowest BCUT2D eigenvalue weighted by Gasteiger charge is -2.26. The molecule has 0 aromatic heterocycles. The molecule has 0 unspecified atom stereocenters. The van der Waals surface area contributed by atoms with Gasteiger partial charge in [0.2, 0.25) is 0 Å². The van der Waals surface area contributed by atoms with Crippen LogP contribution in [0.4, 0.5) is 0 Å². The van der Waals surface area contributed by atoms with Crippen LogP contribution in [0.15, 0.2) is 24.3 Å². The maximum Gasteiger partial charge on any atom is 0.0519 e. The molecule has 1 rings (SSSR count). The largest absolute Gasteiger partial charge is 0.395 e. The van der Waals surface area contributed by atoms with Crippen molar-refractivity contribution in [2.75, 3.05) is 13.2 Å². The molecule has 1 aliphatic rings. The molecule has 1 aliphatic carbocycles. The first-order valence-electron chi connectivity index (χ1n) is 5.62. The second kappa shape index (κ2) is 4.95. The first-order valence-corrected chi connectivity index (χ1v) is 5.62. The van der Waals surface area contributed by atoms with Crippen LogP contribution in [0.1, 0.15) is 33.1 Å². The lowest BCUT2D eigenvalue weighted by atomic mass is 9.81. The van der Waals surface area contributed by atoms with E-state index in [0.29, 0.717) is 0 Å². The molecule has 2 heteroatoms. The van der Waals surface area contributed by atoms with E-state index in [1.807, 2.05) is 12.2 Å². The van der Waals surface area contributed by atoms with E-state index in [1.54, 1.807) is 0 Å². The molecule has 86 valence electrons. The lowest BCUT2D eigenvalue weighted by molar-refractivity contribution is 0.149. The summed E-state index contributed by atoms with van der Waals surface area (Å²) in [4.78, 5) is 0. The van der Waals surface area contributed by atoms with Gasteiger partial charge in [0, 0.05) is 10.8 Å². The molecule has 0 radical (unpaired) electrons. The Balaban J connectivity index is 2.75. The van der Waals surface area contributed by atoms with Crippen molar-refractivity contribution in [2.24, 2.45) is 10.8 Å². The fourth-order valence-corrected chi connectivity index (χ4v) is 1.90. The predicted molar refractivity (Wildman–Crippen MR) is 62.5 cm³/mol. The normalized spacial score (nSPS) is 41.3. The first-order chi connectivity index (χ1) is 7.04. The summed E-state index contributed by atoms with van der Waals surface area (Å²) >= 11 is 0. The summed E-state index contributed by atoms with van der Waals surface area (Å²) in [6.07, 6.45) is 11.1. The summed E-state index contributed by atoms with van der Waals surface area (Å²) in [7, 11) is 0. The Labute approximate surface area is 92.3 Å². The molecule has 2 nitrogen and oxygen atoms in total. The fraction of sp³-hybridized carbons (Fsp3) is 0.692. The predicted octanol–water partition coefficient (Wildman–Crippen LogP) is 2.28. The van der Waals surface area contributed by atoms with Gasteiger partial charge in [0.1, 0.15) is 0 Å². The molecule has 2 N–H and O–H groups in total. The van der Waals surface area contributed by atoms with E-state index in [0.717, 1.165) is 19.3 Å². The minimum Gasteiger partial charge on any atom is -0.395 e. The lowest BCUT2D eigenvalue weighted by Crippen LogP contribution is -2.21. The van der Waals surface area contributed by atoms with Crippen LogP contribution in [0.5, 0.6) is 0 Å². The van der Waals surface area contributed by atoms with Crippen LogP contribution in [0.25, 0.3) is 0 Å². The number of allylic oxidation sites excluding steroid dienone is 2. The van der Waals surface area contributed by atoms with Gasteiger partial charge in [-0.2, -0.15) is 0 Å². The average molecular weight is 210 g/mol. The van der Waals surface area contributed by atoms with Crippen molar-refractivity contribution in [1.29, 1.82) is 0 Å². The minimum absolute atomic E-state index is 0.106. The van der Waals surface area contributed by atoms with Crippen molar-refractivity contribution < 1.29 is 10.2 Å². The second-order valence-corrected chi connectivity index (χ2v) is 5.20. The van der Waals surface area contributed by atoms with Crippen LogP contribution in [0.2, 0.25) is 0 Å². The molecule has 0 heterocycles. The van der Waals surface area contributed by atoms with Crippen LogP contribution in [0.3, 0.4) is 0 Å². The van der Waals surface area contributed by atoms with Crippen LogP contribution in [-0.2, 0) is 0 Å². The molecule has 0 saturated carbocycles. The van der Waals surface area contributed by atoms with Gasteiger partial charge in [-0.1, -0.05) is 44.6 Å². The molecule has 0 bridgehead atoms. The highest BCUT2D eigenvalue weighted by Crippen LogP contribution is 2.32. The van der Waals surface area contributed by atoms with Gasteiger partial charge >= 0.3 is 0 Å². The highest BCUT2D eigenvalue weighted by Gasteiger charge is 2.24. The summed E-state index contributed by atoms with van der Waals surface area (Å²) in [5.74, 6) is 0. The molecule has 0 amide bonds. The van der Waals surface area contributed by atoms with Gasteiger partial charge in [0.05, 0.1) is 13.2 Å². The Morgan fingerprint density at radius 2 is 1.33 bits per heavy atom. The Bertz CT molecular complexity index is 231. The maximum absolute atomic E-state index is 9.32. The van der Waals surface area contributed by atoms with Crippen LogP contribution in [-0.4, -0.2) is 23.4 Å². The van der Waals surface area contributed by atoms with E-state index in [2.05, 4.69) is 26.0 Å². The zero-order valence-corrected chi connectivity index (χ0v) is 9.74. The van der Waals surface area contributed by atoms with Crippen LogP contribution in [0, 0.1) is 10.8 Å². The Morgan fingerprint density at radius 1 is 0.933 bits per heavy atom. The third kappa shape index (κ3) is 3.47. The van der Waals surface area contributed by atoms with Gasteiger partial charge in [0.25, 0.3) is 0 Å². The van der Waals surface area contributed by atoms with Crippen molar-refractivity contribution in [3.63, 3.8) is 0 Å². The van der Waals surface area contributed by atoms with Crippen molar-refractivity contribution >= 4 is 0 Å². The Morgan fingerprint density at radius 3 is 1.67 bits per heavy atom. The topological polar surface area (TPSA) is 40.5 Å². The molecule has 0 aliphatic heterocycles. The molecule has 0 spiro atoms. The Hall–Kier alpha value is -0.600. The molecular weight excluding hydrogens is 188 g/mol. The van der Waals surface area contributed by atoms with E-state index < -0.39 is 0 Å². The number of aliphatic hydroxyl groups is 2. The maximum atomic E-state index is 9.32. The van der Waals surface area contributed by atoms with E-state index in [4.69, 9.17) is 0 Å². The first kappa shape index (κ1) is 12.5. The number of aliphatic hydroxyl groups excluding tert-OH is 2. The van der Waals surface area contributed by atoms with Gasteiger partial charge < -0.3 is 10.2 Å². The molecule has 0 aromatic carbocycles. The monoisotopic (exact) mass is 210 g/mol. The van der Waals surface area contributed by atoms with Crippen molar-refractivity contribution in [1.82, 2.24) is 0 Å². The number of rotatable bonds is 2. The highest BCUT2D eigenvalue weighted by atomic mass is 16.3. The van der Waals surface area contributed by atoms with E-state index in [9.17, 15) is 10.2 Å². The summed E-state index contributed by atoms with van der Waals surface area (Å²) in [6, 6.07) is 0. The zero-order valence-electron chi connectivity index (χ0n) is 9.74. The molecule has 0 fully saturated rings. The Kier molecular flexibility index (Phi) is 4.12. The van der Waals surface area contributed by atoms with Gasteiger partial charge in [0.15, 0.2) is 0 Å². The van der Waals surface area contributed by atoms with Crippen molar-refractivity contribution in [3.05, 3.63) is 24.3 Å². The molecule has 0 aromatic rings. The minimum atomic E-state index is -0.106. The number of hydrogen-bond acceptors (Lipinski definition) is 2. The SMILES string of the molecule is C[C@]1(CO)/C=C\C=C/[C@](C)(CO)CCC1. The summed E-state index contributed by atoms with van der Waals surface area (Å²) in [6.45, 7) is 4.51. The fourth-order valence-electron chi connectivity index (χ4n) is 1.90. The van der Waals surface area contributed by atoms with Crippen molar-refractivity contribution in [2.45, 2.75) is 33.1 Å². The smallest absolute Gasteiger partial charge is 0.0519 e. The van der Waals surface area contributed by atoms with Crippen LogP contribution >= 0.6 is 0 Å². The van der Waals surface area contributed by atoms with Crippen molar-refractivity contribution in [3.8, 4) is 0 Å². The standard InChI is InChI=1S/C13H22O2/c1-12(10-14)6-3-4-7-13(2,11-15)9-5-8-12/h3-4,6-7,14-15H,5,8-11H2,1-2H3/b6-3-,7-4-/t12-,13-/m0/s1. The summed E-state index contributed by atoms with van der Waals surface area (Å²) < 4.78 is 0. The second-order valence-electron chi connectivity index (χ2n) is 5.20. The molecular formula is C13H22O2. The van der Waals surface area contributed by atoms with Gasteiger partial charge in [-0.15, -0.1) is 0 Å². The summed E-state index contributed by atoms with van der Waals surface area (Å²) in [5.41, 5.74) is -0.212. The number of hydrogen-bond donors (Lipinski definition) is 2. The van der Waals surface area contributed by atoms with E-state index >= 15 is 0 Å². The molecule has 2 atom stereocenters. The highest BCUT2D eigenvalue weighted by molar-refractivity contribution is 5.12. The quantitative estimate of drug-likeness (QED) is 0.734. The third-order valence-electron chi connectivity index (χ3n) is 3.33. The third-order valence-corrected chi connectivity index (χ3v) is 3.33. The van der Waals surface area contributed by atoms with Crippen LogP contribution < -0.4 is 0 Å². The van der Waals surface area contributed by atoms with E-state index in [1.165, 1.54) is 0 Å². The zero-order chi connectivity index (χ0) is 11.4.